The third kappa shape index (κ3) is 36.2. The molecule has 0 bridgehead atoms. The quantitative estimate of drug-likeness (QED) is 0.0198. The second-order valence-corrected chi connectivity index (χ2v) is 22.5. The van der Waals surface area contributed by atoms with Crippen LogP contribution in [0.2, 0.25) is 0 Å². The second-order valence-electron chi connectivity index (χ2n) is 19.5. The third-order valence-corrected chi connectivity index (χ3v) is 14.8. The molecule has 0 heterocycles. The molecular weight excluding hydrogens is 1020 g/mol. The molecule has 0 aliphatic carbocycles. The van der Waals surface area contributed by atoms with Crippen molar-refractivity contribution in [3.63, 3.8) is 0 Å². The molecular formula is C58H94CaO14S2. The Kier molecular flexibility index (Phi) is 44.7. The second kappa shape index (κ2) is 46.3. The summed E-state index contributed by atoms with van der Waals surface area (Å²) in [6.45, 7) is 8.34. The zero-order valence-corrected chi connectivity index (χ0v) is 50.3. The van der Waals surface area contributed by atoms with Gasteiger partial charge in [-0.2, -0.15) is 0 Å². The van der Waals surface area contributed by atoms with Crippen molar-refractivity contribution in [2.75, 3.05) is 13.2 Å². The van der Waals surface area contributed by atoms with Gasteiger partial charge in [-0.05, 0) is 49.9 Å². The van der Waals surface area contributed by atoms with E-state index in [9.17, 15) is 45.1 Å². The summed E-state index contributed by atoms with van der Waals surface area (Å²) in [6.07, 6.45) is 37.9. The van der Waals surface area contributed by atoms with Crippen molar-refractivity contribution in [2.24, 2.45) is 0 Å². The van der Waals surface area contributed by atoms with Crippen molar-refractivity contribution < 1.29 is 64.1 Å². The Bertz CT molecular complexity index is 1880. The molecule has 0 saturated carbocycles. The first-order valence-electron chi connectivity index (χ1n) is 28.5. The number of hydrogen-bond acceptors (Lipinski definition) is 14. The van der Waals surface area contributed by atoms with E-state index < -0.39 is 55.0 Å². The van der Waals surface area contributed by atoms with Crippen LogP contribution in [0.4, 0.5) is 0 Å². The Morgan fingerprint density at radius 1 is 0.360 bits per heavy atom. The van der Waals surface area contributed by atoms with E-state index >= 15 is 0 Å². The van der Waals surface area contributed by atoms with E-state index in [4.69, 9.17) is 18.9 Å². The van der Waals surface area contributed by atoms with Gasteiger partial charge in [-0.25, -0.2) is 36.0 Å². The average Bonchev–Trinajstić information content (AvgIpc) is 3.37. The molecule has 2 rings (SSSR count). The minimum Gasteiger partial charge on any atom is -0.745 e. The van der Waals surface area contributed by atoms with E-state index in [1.807, 2.05) is 0 Å². The van der Waals surface area contributed by atoms with Gasteiger partial charge in [0, 0.05) is 0 Å². The maximum absolute atomic E-state index is 12.5. The van der Waals surface area contributed by atoms with Gasteiger partial charge in [-0.3, -0.25) is 0 Å². The molecule has 2 aromatic rings. The SMILES string of the molecule is CCCCCCCCCCCCCCCCCOC(=O)c1ccccc1C(=O)OC(CCC)S(=O)(=O)[O-].CCCCCCCCCCCCCCCCCOC(=O)c1ccccc1C(=O)OC(CCC)S(=O)(=O)[O-].[Ca+2]. The van der Waals surface area contributed by atoms with Gasteiger partial charge in [-0.1, -0.05) is 245 Å². The van der Waals surface area contributed by atoms with Crippen LogP contribution in [0.1, 0.15) is 287 Å². The van der Waals surface area contributed by atoms with Gasteiger partial charge < -0.3 is 28.1 Å². The Labute approximate surface area is 483 Å². The van der Waals surface area contributed by atoms with Gasteiger partial charge in [0.15, 0.2) is 10.9 Å². The predicted molar refractivity (Wildman–Crippen MR) is 297 cm³/mol. The minimum absolute atomic E-state index is 0. The zero-order chi connectivity index (χ0) is 54.7. The van der Waals surface area contributed by atoms with Crippen molar-refractivity contribution in [1.29, 1.82) is 0 Å². The molecule has 0 spiro atoms. The fourth-order valence-corrected chi connectivity index (χ4v) is 9.93. The van der Waals surface area contributed by atoms with E-state index in [2.05, 4.69) is 13.8 Å². The monoisotopic (exact) mass is 1120 g/mol. The molecule has 0 aromatic heterocycles. The number of unbranched alkanes of at least 4 members (excludes halogenated alkanes) is 28. The van der Waals surface area contributed by atoms with E-state index in [1.165, 1.54) is 190 Å². The summed E-state index contributed by atoms with van der Waals surface area (Å²) in [7, 11) is -9.62. The molecule has 0 aliphatic rings. The largest absolute Gasteiger partial charge is 2.00 e. The molecule has 2 unspecified atom stereocenters. The molecule has 0 fully saturated rings. The number of carbonyl (C=O) groups excluding carboxylic acids is 4. The van der Waals surface area contributed by atoms with Crippen molar-refractivity contribution in [3.05, 3.63) is 70.8 Å². The van der Waals surface area contributed by atoms with Crippen LogP contribution in [0.15, 0.2) is 48.5 Å². The maximum Gasteiger partial charge on any atom is 2.00 e. The maximum atomic E-state index is 12.5. The van der Waals surface area contributed by atoms with Crippen LogP contribution in [0.25, 0.3) is 0 Å². The van der Waals surface area contributed by atoms with Gasteiger partial charge in [0.25, 0.3) is 0 Å². The fourth-order valence-electron chi connectivity index (χ4n) is 8.47. The topological polar surface area (TPSA) is 220 Å². The molecule has 424 valence electrons. The van der Waals surface area contributed by atoms with Crippen molar-refractivity contribution in [2.45, 2.75) is 257 Å². The van der Waals surface area contributed by atoms with Crippen molar-refractivity contribution in [1.82, 2.24) is 0 Å². The minimum atomic E-state index is -4.81. The average molecular weight is 1120 g/mol. The van der Waals surface area contributed by atoms with Gasteiger partial charge in [0.05, 0.1) is 35.5 Å². The molecule has 75 heavy (non-hydrogen) atoms. The molecule has 2 atom stereocenters. The Balaban J connectivity index is 0.00000144. The third-order valence-electron chi connectivity index (χ3n) is 12.9. The van der Waals surface area contributed by atoms with Crippen LogP contribution < -0.4 is 0 Å². The molecule has 0 amide bonds. The molecule has 17 heteroatoms. The van der Waals surface area contributed by atoms with E-state index in [-0.39, 0.29) is 86.0 Å². The summed E-state index contributed by atoms with van der Waals surface area (Å²) >= 11 is 0. The van der Waals surface area contributed by atoms with Crippen molar-refractivity contribution in [3.8, 4) is 0 Å². The van der Waals surface area contributed by atoms with Gasteiger partial charge >= 0.3 is 61.6 Å². The van der Waals surface area contributed by atoms with Crippen molar-refractivity contribution >= 4 is 81.9 Å². The van der Waals surface area contributed by atoms with E-state index in [0.29, 0.717) is 12.8 Å². The van der Waals surface area contributed by atoms with Crippen LogP contribution in [0.5, 0.6) is 0 Å². The predicted octanol–water partition coefficient (Wildman–Crippen LogP) is 14.7. The number of esters is 4. The zero-order valence-electron chi connectivity index (χ0n) is 46.5. The summed E-state index contributed by atoms with van der Waals surface area (Å²) < 4.78 is 88.6. The number of carbonyl (C=O) groups is 4. The van der Waals surface area contributed by atoms with Gasteiger partial charge in [0.1, 0.15) is 20.2 Å². The molecule has 0 saturated heterocycles. The summed E-state index contributed by atoms with van der Waals surface area (Å²) in [5.41, 5.74) is -3.81. The summed E-state index contributed by atoms with van der Waals surface area (Å²) in [5, 5.41) is 0. The van der Waals surface area contributed by atoms with Gasteiger partial charge in [-0.15, -0.1) is 0 Å². The molecule has 0 N–H and O–H groups in total. The summed E-state index contributed by atoms with van der Waals surface area (Å²) in [4.78, 5) is 50.0. The Hall–Kier alpha value is -2.60. The number of benzene rings is 2. The summed E-state index contributed by atoms with van der Waals surface area (Å²) in [5.74, 6) is -3.40. The number of ether oxygens (including phenoxy) is 4. The molecule has 0 radical (unpaired) electrons. The Morgan fingerprint density at radius 3 is 0.787 bits per heavy atom. The molecule has 0 aliphatic heterocycles. The first-order chi connectivity index (χ1) is 35.6. The first kappa shape index (κ1) is 72.4. The van der Waals surface area contributed by atoms with Crippen LogP contribution in [-0.2, 0) is 39.2 Å². The normalized spacial score (nSPS) is 12.1. The smallest absolute Gasteiger partial charge is 0.745 e. The van der Waals surface area contributed by atoms with Crippen LogP contribution in [0, 0.1) is 0 Å². The Morgan fingerprint density at radius 2 is 0.573 bits per heavy atom. The number of rotatable bonds is 44. The van der Waals surface area contributed by atoms with E-state index in [0.717, 1.165) is 38.5 Å². The van der Waals surface area contributed by atoms with E-state index in [1.54, 1.807) is 26.0 Å². The molecule has 14 nitrogen and oxygen atoms in total. The summed E-state index contributed by atoms with van der Waals surface area (Å²) in [6, 6.07) is 11.8. The standard InChI is InChI=1S/2C29H48O7S.Ca/c2*1-3-5-6-7-8-9-10-11-12-13-14-15-16-17-20-24-35-28(30)25-22-18-19-23-26(25)29(31)36-27(21-4-2)37(32,33)34;/h2*18-19,22-23,27H,3-17,20-21,24H2,1-2H3,(H,32,33,34);/q;;+2/p-2. The fraction of sp³-hybridized carbons (Fsp3) is 0.724. The molecule has 2 aromatic carbocycles. The van der Waals surface area contributed by atoms with Crippen LogP contribution in [-0.4, -0.2) is 112 Å². The van der Waals surface area contributed by atoms with Crippen LogP contribution in [0.3, 0.4) is 0 Å². The van der Waals surface area contributed by atoms with Crippen LogP contribution >= 0.6 is 0 Å². The first-order valence-corrected chi connectivity index (χ1v) is 31.4. The van der Waals surface area contributed by atoms with Gasteiger partial charge in [0.2, 0.25) is 0 Å². The number of hydrogen-bond donors (Lipinski definition) is 0.